The van der Waals surface area contributed by atoms with Gasteiger partial charge in [0.15, 0.2) is 6.66 Å². The van der Waals surface area contributed by atoms with Crippen LogP contribution in [-0.2, 0) is 13.8 Å². The maximum atomic E-state index is 11.7. The summed E-state index contributed by atoms with van der Waals surface area (Å²) in [5.74, 6) is 0. The maximum Gasteiger partial charge on any atom is 0.504 e. The first kappa shape index (κ1) is 15.5. The van der Waals surface area contributed by atoms with Crippen LogP contribution < -0.4 is 11.2 Å². The van der Waals surface area contributed by atoms with Crippen LogP contribution in [0, 0.1) is 0 Å². The first-order valence-electron chi connectivity index (χ1n) is 5.76. The predicted octanol–water partition coefficient (Wildman–Crippen LogP) is 0.336. The third-order valence-corrected chi connectivity index (χ3v) is 3.94. The summed E-state index contributed by atoms with van der Waals surface area (Å²) < 4.78 is 22.7. The molecule has 1 aromatic rings. The Bertz CT molecular complexity index is 629. The highest BCUT2D eigenvalue weighted by molar-refractivity contribution is 9.10. The van der Waals surface area contributed by atoms with E-state index in [2.05, 4.69) is 20.9 Å². The molecule has 10 heteroatoms. The monoisotopic (exact) mass is 367 g/mol. The lowest BCUT2D eigenvalue weighted by molar-refractivity contribution is -0.0397. The molecule has 0 aromatic carbocycles. The van der Waals surface area contributed by atoms with Gasteiger partial charge in [0.2, 0.25) is 0 Å². The third-order valence-electron chi connectivity index (χ3n) is 2.86. The van der Waals surface area contributed by atoms with E-state index in [1.165, 1.54) is 17.4 Å². The molecule has 1 unspecified atom stereocenters. The van der Waals surface area contributed by atoms with Crippen molar-refractivity contribution in [2.45, 2.75) is 24.9 Å². The Morgan fingerprint density at radius 1 is 1.65 bits per heavy atom. The smallest absolute Gasteiger partial charge is 0.390 e. The molecule has 0 saturated carbocycles. The number of nitrogens with zero attached hydrogens (tertiary/aromatic N) is 1. The molecule has 1 aliphatic heterocycles. The van der Waals surface area contributed by atoms with Crippen molar-refractivity contribution in [3.8, 4) is 0 Å². The zero-order valence-corrected chi connectivity index (χ0v) is 13.0. The molecule has 110 valence electrons. The zero-order chi connectivity index (χ0) is 14.9. The number of H-pyrrole nitrogens is 1. The quantitative estimate of drug-likeness (QED) is 0.742. The normalized spacial score (nSPS) is 26.8. The molecule has 2 rings (SSSR count). The van der Waals surface area contributed by atoms with Crippen molar-refractivity contribution in [1.82, 2.24) is 9.55 Å². The summed E-state index contributed by atoms with van der Waals surface area (Å²) in [5.41, 5.74) is -1.16. The first-order valence-corrected chi connectivity index (χ1v) is 8.18. The summed E-state index contributed by atoms with van der Waals surface area (Å²) in [5, 5.41) is 9.85. The maximum absolute atomic E-state index is 11.7. The second-order valence-corrected chi connectivity index (χ2v) is 6.30. The van der Waals surface area contributed by atoms with Crippen LogP contribution in [0.5, 0.6) is 0 Å². The van der Waals surface area contributed by atoms with Crippen molar-refractivity contribution >= 4 is 24.0 Å². The lowest BCUT2D eigenvalue weighted by Crippen LogP contribution is -2.32. The molecule has 0 amide bonds. The molecule has 20 heavy (non-hydrogen) atoms. The Labute approximate surface area is 122 Å². The van der Waals surface area contributed by atoms with Crippen LogP contribution in [0.2, 0.25) is 0 Å². The van der Waals surface area contributed by atoms with E-state index < -0.39 is 37.7 Å². The van der Waals surface area contributed by atoms with Crippen LogP contribution in [0.15, 0.2) is 20.3 Å². The second-order valence-electron chi connectivity index (χ2n) is 4.31. The summed E-state index contributed by atoms with van der Waals surface area (Å²) in [6, 6.07) is 0. The van der Waals surface area contributed by atoms with Crippen molar-refractivity contribution in [3.05, 3.63) is 31.5 Å². The van der Waals surface area contributed by atoms with E-state index in [4.69, 9.17) is 9.26 Å². The number of rotatable bonds is 4. The number of aromatic nitrogens is 2. The molecular formula is C10H13BrN2O6P+. The van der Waals surface area contributed by atoms with Crippen LogP contribution in [0.3, 0.4) is 0 Å². The minimum absolute atomic E-state index is 0.0252. The van der Waals surface area contributed by atoms with E-state index in [-0.39, 0.29) is 17.5 Å². The van der Waals surface area contributed by atoms with E-state index in [1.54, 1.807) is 0 Å². The van der Waals surface area contributed by atoms with Crippen molar-refractivity contribution < 1.29 is 18.9 Å². The third kappa shape index (κ3) is 3.42. The van der Waals surface area contributed by atoms with E-state index in [0.29, 0.717) is 0 Å². The van der Waals surface area contributed by atoms with Gasteiger partial charge in [-0.3, -0.25) is 14.3 Å². The molecule has 1 aromatic heterocycles. The van der Waals surface area contributed by atoms with Crippen LogP contribution in [0.1, 0.15) is 12.6 Å². The van der Waals surface area contributed by atoms with E-state index in [9.17, 15) is 19.3 Å². The Morgan fingerprint density at radius 2 is 2.35 bits per heavy atom. The van der Waals surface area contributed by atoms with Crippen molar-refractivity contribution in [2.75, 3.05) is 13.3 Å². The summed E-state index contributed by atoms with van der Waals surface area (Å²) in [7, 11) is -1.78. The van der Waals surface area contributed by atoms with Crippen molar-refractivity contribution in [3.63, 3.8) is 0 Å². The van der Waals surface area contributed by atoms with Crippen LogP contribution >= 0.6 is 24.0 Å². The molecular weight excluding hydrogens is 355 g/mol. The summed E-state index contributed by atoms with van der Waals surface area (Å²) >= 11 is 3.02. The molecule has 0 bridgehead atoms. The number of halogens is 1. The highest BCUT2D eigenvalue weighted by Crippen LogP contribution is 2.29. The fourth-order valence-corrected chi connectivity index (χ4v) is 2.57. The topological polar surface area (TPSA) is 111 Å². The van der Waals surface area contributed by atoms with Gasteiger partial charge in [-0.2, -0.15) is 0 Å². The summed E-state index contributed by atoms with van der Waals surface area (Å²) in [6.45, 7) is 1.38. The van der Waals surface area contributed by atoms with Gasteiger partial charge in [0.1, 0.15) is 18.9 Å². The Morgan fingerprint density at radius 3 is 3.00 bits per heavy atom. The Balaban J connectivity index is 2.16. The van der Waals surface area contributed by atoms with E-state index >= 15 is 0 Å². The Kier molecular flexibility index (Phi) is 4.87. The molecule has 0 spiro atoms. The molecule has 0 radical (unpaired) electrons. The SMILES string of the molecule is C[P+](=O)OC[C@H]1O[C@@H](n2cc(Br)c(=O)[nH]c2=O)C[C@@H]1O. The lowest BCUT2D eigenvalue weighted by atomic mass is 10.2. The number of hydrogen-bond donors (Lipinski definition) is 2. The van der Waals surface area contributed by atoms with Gasteiger partial charge in [0, 0.05) is 12.6 Å². The number of nitrogens with one attached hydrogen (secondary N) is 1. The molecule has 2 N–H and O–H groups in total. The first-order chi connectivity index (χ1) is 9.38. The van der Waals surface area contributed by atoms with Gasteiger partial charge in [-0.05, 0) is 20.5 Å². The van der Waals surface area contributed by atoms with Gasteiger partial charge in [-0.1, -0.05) is 0 Å². The number of ether oxygens (including phenoxy) is 1. The summed E-state index contributed by atoms with van der Waals surface area (Å²) in [4.78, 5) is 25.1. The number of aromatic amines is 1. The molecule has 8 nitrogen and oxygen atoms in total. The number of aliphatic hydroxyl groups is 1. The van der Waals surface area contributed by atoms with Gasteiger partial charge in [-0.25, -0.2) is 4.79 Å². The van der Waals surface area contributed by atoms with E-state index in [1.807, 2.05) is 0 Å². The fourth-order valence-electron chi connectivity index (χ4n) is 1.89. The summed E-state index contributed by atoms with van der Waals surface area (Å²) in [6.07, 6.45) is -0.743. The standard InChI is InChI=1S/C10H12BrN2O6P/c1-20(17)18-4-7-6(14)2-8(19-7)13-3-5(11)9(15)12-10(13)16/h3,6-8,14H,2,4H2,1H3/p+1/t6-,7+,8+/m0/s1. The zero-order valence-electron chi connectivity index (χ0n) is 10.5. The Hall–Kier alpha value is -0.860. The molecule has 1 aliphatic rings. The average molecular weight is 368 g/mol. The van der Waals surface area contributed by atoms with Crippen molar-refractivity contribution in [1.29, 1.82) is 0 Å². The highest BCUT2D eigenvalue weighted by atomic mass is 79.9. The van der Waals surface area contributed by atoms with Crippen LogP contribution in [0.25, 0.3) is 0 Å². The average Bonchev–Trinajstić information content (AvgIpc) is 2.72. The predicted molar refractivity (Wildman–Crippen MR) is 73.0 cm³/mol. The molecule has 0 aliphatic carbocycles. The molecule has 4 atom stereocenters. The molecule has 1 saturated heterocycles. The second kappa shape index (κ2) is 6.28. The minimum Gasteiger partial charge on any atom is -0.390 e. The van der Waals surface area contributed by atoms with Gasteiger partial charge < -0.3 is 9.84 Å². The highest BCUT2D eigenvalue weighted by Gasteiger charge is 2.37. The van der Waals surface area contributed by atoms with Crippen LogP contribution in [-0.4, -0.2) is 40.1 Å². The van der Waals surface area contributed by atoms with Crippen molar-refractivity contribution in [2.24, 2.45) is 0 Å². The van der Waals surface area contributed by atoms with Gasteiger partial charge >= 0.3 is 13.7 Å². The minimum atomic E-state index is -1.78. The lowest BCUT2D eigenvalue weighted by Gasteiger charge is -2.14. The fraction of sp³-hybridized carbons (Fsp3) is 0.600. The molecule has 2 heterocycles. The van der Waals surface area contributed by atoms with Gasteiger partial charge in [0.05, 0.1) is 10.6 Å². The number of hydrogen-bond acceptors (Lipinski definition) is 6. The largest absolute Gasteiger partial charge is 0.504 e. The number of aliphatic hydroxyl groups excluding tert-OH is 1. The van der Waals surface area contributed by atoms with Crippen LogP contribution in [0.4, 0.5) is 0 Å². The molecule has 1 fully saturated rings. The van der Waals surface area contributed by atoms with Gasteiger partial charge in [0.25, 0.3) is 5.56 Å². The van der Waals surface area contributed by atoms with Gasteiger partial charge in [-0.15, -0.1) is 4.52 Å². The van der Waals surface area contributed by atoms with E-state index in [0.717, 1.165) is 0 Å².